The van der Waals surface area contributed by atoms with Crippen LogP contribution in [0.1, 0.15) is 29.8 Å². The number of benzene rings is 1. The Hall–Kier alpha value is -1.39. The van der Waals surface area contributed by atoms with Gasteiger partial charge in [0, 0.05) is 19.6 Å². The van der Waals surface area contributed by atoms with Gasteiger partial charge in [-0.05, 0) is 23.6 Å². The minimum atomic E-state index is -0.239. The number of carbonyl (C=O) groups excluding carboxylic acids is 1. The van der Waals surface area contributed by atoms with Gasteiger partial charge in [-0.25, -0.2) is 4.79 Å². The fourth-order valence-corrected chi connectivity index (χ4v) is 2.09. The van der Waals surface area contributed by atoms with Crippen molar-refractivity contribution in [2.75, 3.05) is 32.9 Å². The van der Waals surface area contributed by atoms with Crippen LogP contribution in [0, 0.1) is 5.92 Å². The first-order valence-corrected chi connectivity index (χ1v) is 7.21. The van der Waals surface area contributed by atoms with E-state index in [4.69, 9.17) is 9.47 Å². The molecule has 1 aromatic rings. The zero-order valence-corrected chi connectivity index (χ0v) is 12.3. The predicted molar refractivity (Wildman–Crippen MR) is 77.7 cm³/mol. The second kappa shape index (κ2) is 7.41. The third-order valence-electron chi connectivity index (χ3n) is 3.25. The average Bonchev–Trinajstić information content (AvgIpc) is 2.46. The smallest absolute Gasteiger partial charge is 0.338 e. The fourth-order valence-electron chi connectivity index (χ4n) is 2.09. The molecule has 0 aliphatic carbocycles. The first-order valence-electron chi connectivity index (χ1n) is 7.21. The van der Waals surface area contributed by atoms with Crippen molar-refractivity contribution in [3.63, 3.8) is 0 Å². The van der Waals surface area contributed by atoms with Gasteiger partial charge in [0.25, 0.3) is 0 Å². The van der Waals surface area contributed by atoms with Crippen LogP contribution in [0.2, 0.25) is 0 Å². The molecule has 2 rings (SSSR count). The topological polar surface area (TPSA) is 38.8 Å². The van der Waals surface area contributed by atoms with E-state index in [1.54, 1.807) is 0 Å². The molecule has 0 unspecified atom stereocenters. The van der Waals surface area contributed by atoms with Gasteiger partial charge in [-0.3, -0.25) is 4.90 Å². The maximum absolute atomic E-state index is 11.8. The van der Waals surface area contributed by atoms with Crippen LogP contribution < -0.4 is 0 Å². The number of esters is 1. The molecule has 1 heterocycles. The summed E-state index contributed by atoms with van der Waals surface area (Å²) < 4.78 is 10.5. The zero-order valence-electron chi connectivity index (χ0n) is 12.3. The summed E-state index contributed by atoms with van der Waals surface area (Å²) in [5.41, 5.74) is 1.84. The van der Waals surface area contributed by atoms with Crippen molar-refractivity contribution >= 4 is 5.97 Å². The first-order chi connectivity index (χ1) is 9.65. The zero-order chi connectivity index (χ0) is 14.4. The van der Waals surface area contributed by atoms with Gasteiger partial charge < -0.3 is 9.47 Å². The van der Waals surface area contributed by atoms with Crippen molar-refractivity contribution in [3.05, 3.63) is 35.4 Å². The van der Waals surface area contributed by atoms with Crippen LogP contribution in [-0.2, 0) is 16.0 Å². The summed E-state index contributed by atoms with van der Waals surface area (Å²) in [6, 6.07) is 7.69. The molecule has 1 aliphatic heterocycles. The number of hydrogen-bond donors (Lipinski definition) is 0. The molecule has 20 heavy (non-hydrogen) atoms. The SMILES string of the molecule is CC(C)COC(=O)c1ccc(CN2CCOCC2)cc1. The van der Waals surface area contributed by atoms with Crippen molar-refractivity contribution in [2.24, 2.45) is 5.92 Å². The highest BCUT2D eigenvalue weighted by Gasteiger charge is 2.12. The summed E-state index contributed by atoms with van der Waals surface area (Å²) >= 11 is 0. The van der Waals surface area contributed by atoms with E-state index < -0.39 is 0 Å². The minimum Gasteiger partial charge on any atom is -0.462 e. The Labute approximate surface area is 120 Å². The van der Waals surface area contributed by atoms with E-state index in [1.165, 1.54) is 5.56 Å². The van der Waals surface area contributed by atoms with Gasteiger partial charge in [0.1, 0.15) is 0 Å². The first kappa shape index (κ1) is 15.0. The molecule has 1 aromatic carbocycles. The largest absolute Gasteiger partial charge is 0.462 e. The average molecular weight is 277 g/mol. The van der Waals surface area contributed by atoms with Gasteiger partial charge in [-0.1, -0.05) is 26.0 Å². The molecule has 0 amide bonds. The monoisotopic (exact) mass is 277 g/mol. The molecule has 0 radical (unpaired) electrons. The summed E-state index contributed by atoms with van der Waals surface area (Å²) in [7, 11) is 0. The highest BCUT2D eigenvalue weighted by molar-refractivity contribution is 5.89. The van der Waals surface area contributed by atoms with Crippen molar-refractivity contribution in [2.45, 2.75) is 20.4 Å². The molecule has 0 N–H and O–H groups in total. The second-order valence-corrected chi connectivity index (χ2v) is 5.58. The maximum atomic E-state index is 11.8. The summed E-state index contributed by atoms with van der Waals surface area (Å²) in [5.74, 6) is 0.121. The molecule has 0 saturated carbocycles. The molecular weight excluding hydrogens is 254 g/mol. The number of nitrogens with zero attached hydrogens (tertiary/aromatic N) is 1. The van der Waals surface area contributed by atoms with E-state index in [0.717, 1.165) is 32.8 Å². The molecule has 1 fully saturated rings. The molecule has 0 aromatic heterocycles. The van der Waals surface area contributed by atoms with E-state index in [0.29, 0.717) is 18.1 Å². The molecular formula is C16H23NO3. The number of hydrogen-bond acceptors (Lipinski definition) is 4. The summed E-state index contributed by atoms with van der Waals surface area (Å²) in [6.45, 7) is 8.98. The second-order valence-electron chi connectivity index (χ2n) is 5.58. The molecule has 1 aliphatic rings. The maximum Gasteiger partial charge on any atom is 0.338 e. The summed E-state index contributed by atoms with van der Waals surface area (Å²) in [6.07, 6.45) is 0. The van der Waals surface area contributed by atoms with Gasteiger partial charge in [0.15, 0.2) is 0 Å². The number of morpholine rings is 1. The van der Waals surface area contributed by atoms with E-state index >= 15 is 0 Å². The van der Waals surface area contributed by atoms with E-state index in [-0.39, 0.29) is 5.97 Å². The van der Waals surface area contributed by atoms with Crippen LogP contribution in [-0.4, -0.2) is 43.8 Å². The predicted octanol–water partition coefficient (Wildman–Crippen LogP) is 2.33. The van der Waals surface area contributed by atoms with Gasteiger partial charge in [0.2, 0.25) is 0 Å². The molecule has 4 nitrogen and oxygen atoms in total. The van der Waals surface area contributed by atoms with Crippen LogP contribution in [0.5, 0.6) is 0 Å². The molecule has 110 valence electrons. The lowest BCUT2D eigenvalue weighted by atomic mass is 10.1. The highest BCUT2D eigenvalue weighted by atomic mass is 16.5. The van der Waals surface area contributed by atoms with Crippen LogP contribution in [0.4, 0.5) is 0 Å². The Bertz CT molecular complexity index is 422. The molecule has 0 spiro atoms. The lowest BCUT2D eigenvalue weighted by molar-refractivity contribution is 0.0342. The summed E-state index contributed by atoms with van der Waals surface area (Å²) in [4.78, 5) is 14.2. The van der Waals surface area contributed by atoms with Crippen LogP contribution in [0.15, 0.2) is 24.3 Å². The highest BCUT2D eigenvalue weighted by Crippen LogP contribution is 2.10. The molecule has 1 saturated heterocycles. The van der Waals surface area contributed by atoms with Gasteiger partial charge in [-0.2, -0.15) is 0 Å². The lowest BCUT2D eigenvalue weighted by Crippen LogP contribution is -2.35. The Morgan fingerprint density at radius 3 is 2.50 bits per heavy atom. The quantitative estimate of drug-likeness (QED) is 0.774. The van der Waals surface area contributed by atoms with Crippen molar-refractivity contribution < 1.29 is 14.3 Å². The third-order valence-corrected chi connectivity index (χ3v) is 3.25. The van der Waals surface area contributed by atoms with Gasteiger partial charge >= 0.3 is 5.97 Å². The number of carbonyl (C=O) groups is 1. The summed E-state index contributed by atoms with van der Waals surface area (Å²) in [5, 5.41) is 0. The van der Waals surface area contributed by atoms with Crippen molar-refractivity contribution in [3.8, 4) is 0 Å². The van der Waals surface area contributed by atoms with E-state index in [1.807, 2.05) is 38.1 Å². The Morgan fingerprint density at radius 2 is 1.90 bits per heavy atom. The third kappa shape index (κ3) is 4.62. The van der Waals surface area contributed by atoms with Crippen molar-refractivity contribution in [1.82, 2.24) is 4.90 Å². The van der Waals surface area contributed by atoms with Gasteiger partial charge in [-0.15, -0.1) is 0 Å². The van der Waals surface area contributed by atoms with Crippen LogP contribution >= 0.6 is 0 Å². The molecule has 0 bridgehead atoms. The number of ether oxygens (including phenoxy) is 2. The van der Waals surface area contributed by atoms with Gasteiger partial charge in [0.05, 0.1) is 25.4 Å². The molecule has 4 heteroatoms. The van der Waals surface area contributed by atoms with Crippen LogP contribution in [0.3, 0.4) is 0 Å². The van der Waals surface area contributed by atoms with Crippen LogP contribution in [0.25, 0.3) is 0 Å². The normalized spacial score (nSPS) is 16.4. The Morgan fingerprint density at radius 1 is 1.25 bits per heavy atom. The lowest BCUT2D eigenvalue weighted by Gasteiger charge is -2.26. The number of rotatable bonds is 5. The van der Waals surface area contributed by atoms with Crippen molar-refractivity contribution in [1.29, 1.82) is 0 Å². The standard InChI is InChI=1S/C16H23NO3/c1-13(2)12-20-16(18)15-5-3-14(4-6-15)11-17-7-9-19-10-8-17/h3-6,13H,7-12H2,1-2H3. The Balaban J connectivity index is 1.87. The van der Waals surface area contributed by atoms with E-state index in [2.05, 4.69) is 4.90 Å². The minimum absolute atomic E-state index is 0.239. The van der Waals surface area contributed by atoms with E-state index in [9.17, 15) is 4.79 Å². The Kier molecular flexibility index (Phi) is 5.56. The molecule has 0 atom stereocenters. The fraction of sp³-hybridized carbons (Fsp3) is 0.562.